The number of hydrogen-bond donors (Lipinski definition) is 1. The molecule has 4 heteroatoms. The van der Waals surface area contributed by atoms with Crippen molar-refractivity contribution in [2.45, 2.75) is 87.0 Å². The number of allylic oxidation sites excluding steroid dienone is 3. The molecular formula is C20H38N4. The van der Waals surface area contributed by atoms with Crippen molar-refractivity contribution in [2.75, 3.05) is 0 Å². The zero-order valence-corrected chi connectivity index (χ0v) is 17.1. The number of aromatic nitrogens is 4. The quantitative estimate of drug-likeness (QED) is 0.642. The fourth-order valence-corrected chi connectivity index (χ4v) is 2.14. The predicted molar refractivity (Wildman–Crippen MR) is 104 cm³/mol. The maximum absolute atomic E-state index is 4.01. The van der Waals surface area contributed by atoms with Gasteiger partial charge in [-0.05, 0) is 37.0 Å². The van der Waals surface area contributed by atoms with Crippen molar-refractivity contribution < 1.29 is 0 Å². The van der Waals surface area contributed by atoms with Crippen molar-refractivity contribution in [3.8, 4) is 0 Å². The minimum atomic E-state index is 0.203. The second kappa shape index (κ2) is 10.4. The van der Waals surface area contributed by atoms with E-state index in [9.17, 15) is 0 Å². The maximum Gasteiger partial charge on any atom is 0.181 e. The molecule has 0 saturated carbocycles. The molecule has 1 N–H and O–H groups in total. The van der Waals surface area contributed by atoms with Gasteiger partial charge in [0.2, 0.25) is 0 Å². The molecule has 0 aliphatic rings. The SMILES string of the molecule is C=C(C)C(CC(C)(C)C)c1nn[nH]n1.CCC/C=C/CC(C)(C)C. The van der Waals surface area contributed by atoms with Crippen molar-refractivity contribution in [3.05, 3.63) is 30.1 Å². The van der Waals surface area contributed by atoms with E-state index in [0.29, 0.717) is 5.41 Å². The zero-order valence-electron chi connectivity index (χ0n) is 17.1. The molecule has 4 nitrogen and oxygen atoms in total. The molecule has 138 valence electrons. The highest BCUT2D eigenvalue weighted by molar-refractivity contribution is 5.12. The fraction of sp³-hybridized carbons (Fsp3) is 0.750. The lowest BCUT2D eigenvalue weighted by molar-refractivity contribution is 0.350. The van der Waals surface area contributed by atoms with Crippen LogP contribution in [0.2, 0.25) is 0 Å². The first-order chi connectivity index (χ1) is 11.0. The molecule has 0 fully saturated rings. The van der Waals surface area contributed by atoms with Crippen LogP contribution in [0.1, 0.15) is 92.8 Å². The Kier molecular flexibility index (Phi) is 9.79. The van der Waals surface area contributed by atoms with Crippen LogP contribution in [0.15, 0.2) is 24.3 Å². The van der Waals surface area contributed by atoms with Gasteiger partial charge in [-0.15, -0.1) is 10.2 Å². The molecule has 0 spiro atoms. The molecule has 1 atom stereocenters. The molecular weight excluding hydrogens is 296 g/mol. The van der Waals surface area contributed by atoms with E-state index in [-0.39, 0.29) is 11.3 Å². The van der Waals surface area contributed by atoms with E-state index in [2.05, 4.69) is 87.8 Å². The van der Waals surface area contributed by atoms with Gasteiger partial charge in [-0.3, -0.25) is 0 Å². The zero-order chi connectivity index (χ0) is 18.8. The number of unbranched alkanes of at least 4 members (excludes halogenated alkanes) is 1. The minimum absolute atomic E-state index is 0.203. The lowest BCUT2D eigenvalue weighted by Crippen LogP contribution is -2.14. The Morgan fingerprint density at radius 3 is 2.12 bits per heavy atom. The largest absolute Gasteiger partial charge is 0.181 e. The normalized spacial score (nSPS) is 13.5. The third-order valence-corrected chi connectivity index (χ3v) is 3.44. The van der Waals surface area contributed by atoms with Crippen LogP contribution in [0.4, 0.5) is 0 Å². The summed E-state index contributed by atoms with van der Waals surface area (Å²) in [7, 11) is 0. The van der Waals surface area contributed by atoms with Crippen molar-refractivity contribution in [1.29, 1.82) is 0 Å². The van der Waals surface area contributed by atoms with E-state index in [1.165, 1.54) is 19.3 Å². The summed E-state index contributed by atoms with van der Waals surface area (Å²) in [5, 5.41) is 14.1. The van der Waals surface area contributed by atoms with Crippen LogP contribution < -0.4 is 0 Å². The number of H-pyrrole nitrogens is 1. The number of hydrogen-bond acceptors (Lipinski definition) is 3. The highest BCUT2D eigenvalue weighted by atomic mass is 15.5. The van der Waals surface area contributed by atoms with Crippen molar-refractivity contribution in [2.24, 2.45) is 10.8 Å². The Hall–Kier alpha value is -1.45. The van der Waals surface area contributed by atoms with Gasteiger partial charge in [-0.2, -0.15) is 5.21 Å². The van der Waals surface area contributed by atoms with Crippen molar-refractivity contribution in [1.82, 2.24) is 20.6 Å². The van der Waals surface area contributed by atoms with Crippen LogP contribution in [0, 0.1) is 10.8 Å². The summed E-state index contributed by atoms with van der Waals surface area (Å²) in [6, 6.07) is 0. The highest BCUT2D eigenvalue weighted by Crippen LogP contribution is 2.33. The van der Waals surface area contributed by atoms with Crippen LogP contribution in [0.3, 0.4) is 0 Å². The summed E-state index contributed by atoms with van der Waals surface area (Å²) < 4.78 is 0. The third kappa shape index (κ3) is 12.0. The van der Waals surface area contributed by atoms with Gasteiger partial charge < -0.3 is 0 Å². The van der Waals surface area contributed by atoms with Gasteiger partial charge in [0.1, 0.15) is 0 Å². The molecule has 0 saturated heterocycles. The molecule has 0 bridgehead atoms. The number of rotatable bonds is 6. The first-order valence-corrected chi connectivity index (χ1v) is 9.00. The molecule has 1 aromatic heterocycles. The average Bonchev–Trinajstić information content (AvgIpc) is 2.93. The van der Waals surface area contributed by atoms with Crippen LogP contribution in [0.5, 0.6) is 0 Å². The minimum Gasteiger partial charge on any atom is -0.177 e. The van der Waals surface area contributed by atoms with Gasteiger partial charge in [-0.1, -0.05) is 84.4 Å². The van der Waals surface area contributed by atoms with Crippen LogP contribution in [-0.2, 0) is 0 Å². The summed E-state index contributed by atoms with van der Waals surface area (Å²) in [6.45, 7) is 21.6. The lowest BCUT2D eigenvalue weighted by atomic mass is 9.81. The highest BCUT2D eigenvalue weighted by Gasteiger charge is 2.23. The van der Waals surface area contributed by atoms with Crippen LogP contribution in [0.25, 0.3) is 0 Å². The molecule has 1 unspecified atom stereocenters. The molecule has 0 aliphatic carbocycles. The molecule has 0 radical (unpaired) electrons. The van der Waals surface area contributed by atoms with Gasteiger partial charge in [0.05, 0.1) is 0 Å². The van der Waals surface area contributed by atoms with Gasteiger partial charge >= 0.3 is 0 Å². The average molecular weight is 335 g/mol. The van der Waals surface area contributed by atoms with Gasteiger partial charge in [0.15, 0.2) is 5.82 Å². The Morgan fingerprint density at radius 2 is 1.75 bits per heavy atom. The number of tetrazole rings is 1. The molecule has 0 amide bonds. The molecule has 1 heterocycles. The topological polar surface area (TPSA) is 54.5 Å². The number of nitrogens with one attached hydrogen (secondary N) is 1. The molecule has 24 heavy (non-hydrogen) atoms. The van der Waals surface area contributed by atoms with E-state index < -0.39 is 0 Å². The monoisotopic (exact) mass is 334 g/mol. The van der Waals surface area contributed by atoms with E-state index in [1.54, 1.807) is 0 Å². The smallest absolute Gasteiger partial charge is 0.177 e. The summed E-state index contributed by atoms with van der Waals surface area (Å²) in [5.41, 5.74) is 1.79. The maximum atomic E-state index is 4.01. The molecule has 1 aromatic rings. The molecule has 1 rings (SSSR count). The second-order valence-electron chi connectivity index (χ2n) is 8.96. The van der Waals surface area contributed by atoms with E-state index >= 15 is 0 Å². The number of nitrogens with zero attached hydrogens (tertiary/aromatic N) is 3. The summed E-state index contributed by atoms with van der Waals surface area (Å²) in [6.07, 6.45) is 9.26. The Morgan fingerprint density at radius 1 is 1.12 bits per heavy atom. The third-order valence-electron chi connectivity index (χ3n) is 3.44. The van der Waals surface area contributed by atoms with Crippen molar-refractivity contribution in [3.63, 3.8) is 0 Å². The number of aromatic amines is 1. The molecule has 0 aromatic carbocycles. The van der Waals surface area contributed by atoms with Gasteiger partial charge in [-0.25, -0.2) is 0 Å². The summed E-state index contributed by atoms with van der Waals surface area (Å²) in [5.74, 6) is 0.946. The van der Waals surface area contributed by atoms with Crippen LogP contribution in [-0.4, -0.2) is 20.6 Å². The molecule has 0 aliphatic heterocycles. The fourth-order valence-electron chi connectivity index (χ4n) is 2.14. The second-order valence-corrected chi connectivity index (χ2v) is 8.96. The van der Waals surface area contributed by atoms with Crippen LogP contribution >= 0.6 is 0 Å². The Bertz CT molecular complexity index is 473. The summed E-state index contributed by atoms with van der Waals surface area (Å²) in [4.78, 5) is 0. The van der Waals surface area contributed by atoms with E-state index in [4.69, 9.17) is 0 Å². The predicted octanol–water partition coefficient (Wildman–Crippen LogP) is 6.07. The van der Waals surface area contributed by atoms with E-state index in [1.807, 2.05) is 6.92 Å². The Balaban J connectivity index is 0.000000470. The standard InChI is InChI=1S/C10H18N4.C10H20/c1-7(2)8(6-10(3,4)5)9-11-13-14-12-9;1-5-6-7-8-9-10(2,3)4/h8H,1,6H2,2-5H3,(H,11,12,13,14);7-8H,5-6,9H2,1-4H3/b;8-7+. The van der Waals surface area contributed by atoms with Gasteiger partial charge in [0.25, 0.3) is 0 Å². The lowest BCUT2D eigenvalue weighted by Gasteiger charge is -2.23. The van der Waals surface area contributed by atoms with E-state index in [0.717, 1.165) is 17.8 Å². The van der Waals surface area contributed by atoms with Crippen molar-refractivity contribution >= 4 is 0 Å². The first-order valence-electron chi connectivity index (χ1n) is 9.00. The van der Waals surface area contributed by atoms with Gasteiger partial charge in [0, 0.05) is 5.92 Å². The first kappa shape index (κ1) is 22.6. The Labute approximate surface area is 149 Å². The summed E-state index contributed by atoms with van der Waals surface area (Å²) >= 11 is 0.